The van der Waals surface area contributed by atoms with Crippen LogP contribution in [0.3, 0.4) is 0 Å². The minimum absolute atomic E-state index is 0.0407. The molecule has 5 heteroatoms. The maximum Gasteiger partial charge on any atom is 0.306 e. The van der Waals surface area contributed by atoms with E-state index < -0.39 is 5.97 Å². The van der Waals surface area contributed by atoms with Crippen molar-refractivity contribution in [1.29, 1.82) is 0 Å². The highest BCUT2D eigenvalue weighted by atomic mass is 16.5. The molecule has 0 radical (unpaired) electrons. The van der Waals surface area contributed by atoms with Gasteiger partial charge < -0.3 is 14.7 Å². The number of likely N-dealkylation sites (tertiary alicyclic amines) is 1. The van der Waals surface area contributed by atoms with Crippen molar-refractivity contribution in [2.45, 2.75) is 125 Å². The lowest BCUT2D eigenvalue weighted by Gasteiger charge is -2.59. The van der Waals surface area contributed by atoms with Crippen LogP contribution in [0, 0.1) is 39.4 Å². The fourth-order valence-corrected chi connectivity index (χ4v) is 10.4. The number of rotatable bonds is 7. The lowest BCUT2D eigenvalue weighted by Crippen LogP contribution is -2.54. The van der Waals surface area contributed by atoms with E-state index in [0.29, 0.717) is 22.7 Å². The van der Waals surface area contributed by atoms with Crippen LogP contribution in [0.5, 0.6) is 0 Å². The largest absolute Gasteiger partial charge is 0.481 e. The number of allylic oxidation sites excluding steroid dienone is 4. The summed E-state index contributed by atoms with van der Waals surface area (Å²) in [6, 6.07) is 0. The van der Waals surface area contributed by atoms with Crippen molar-refractivity contribution in [3.63, 3.8) is 0 Å². The Balaban J connectivity index is 1.31. The molecule has 0 unspecified atom stereocenters. The van der Waals surface area contributed by atoms with Gasteiger partial charge in [-0.15, -0.1) is 0 Å². The molecule has 224 valence electrons. The molecule has 1 saturated heterocycles. The first-order valence-corrected chi connectivity index (χ1v) is 16.2. The summed E-state index contributed by atoms with van der Waals surface area (Å²) >= 11 is 0. The van der Waals surface area contributed by atoms with Crippen LogP contribution in [-0.4, -0.2) is 47.7 Å². The van der Waals surface area contributed by atoms with Gasteiger partial charge >= 0.3 is 11.9 Å². The van der Waals surface area contributed by atoms with E-state index >= 15 is 0 Å². The Hall–Kier alpha value is -1.62. The number of piperidine rings is 1. The van der Waals surface area contributed by atoms with Gasteiger partial charge in [0.25, 0.3) is 0 Å². The molecular weight excluding hydrogens is 498 g/mol. The number of hydrogen-bond acceptors (Lipinski definition) is 4. The number of carbonyl (C=O) groups excluding carboxylic acids is 1. The molecule has 4 aliphatic carbocycles. The molecule has 0 amide bonds. The third-order valence-electron chi connectivity index (χ3n) is 12.4. The predicted molar refractivity (Wildman–Crippen MR) is 160 cm³/mol. The average molecular weight is 554 g/mol. The predicted octanol–water partition coefficient (Wildman–Crippen LogP) is 7.80. The topological polar surface area (TPSA) is 66.8 Å². The molecule has 5 nitrogen and oxygen atoms in total. The fourth-order valence-electron chi connectivity index (χ4n) is 10.4. The van der Waals surface area contributed by atoms with Crippen LogP contribution in [0.25, 0.3) is 0 Å². The number of hydrogen-bond donors (Lipinski definition) is 1. The van der Waals surface area contributed by atoms with Gasteiger partial charge in [-0.3, -0.25) is 9.59 Å². The maximum atomic E-state index is 12.5. The number of carboxylic acid groups (broad SMARTS) is 1. The Labute approximate surface area is 243 Å². The van der Waals surface area contributed by atoms with Gasteiger partial charge in [0.2, 0.25) is 0 Å². The number of carboxylic acids is 1. The summed E-state index contributed by atoms with van der Waals surface area (Å²) in [7, 11) is 0. The Bertz CT molecular complexity index is 1080. The number of esters is 1. The van der Waals surface area contributed by atoms with Crippen LogP contribution in [0.2, 0.25) is 0 Å². The van der Waals surface area contributed by atoms with Crippen LogP contribution in [0.1, 0.15) is 119 Å². The molecule has 2 fully saturated rings. The molecule has 40 heavy (non-hydrogen) atoms. The van der Waals surface area contributed by atoms with Gasteiger partial charge in [0, 0.05) is 18.5 Å². The van der Waals surface area contributed by atoms with Gasteiger partial charge in [-0.1, -0.05) is 60.1 Å². The van der Waals surface area contributed by atoms with Crippen molar-refractivity contribution in [1.82, 2.24) is 4.90 Å². The highest BCUT2D eigenvalue weighted by Gasteiger charge is 2.58. The standard InChI is InChI=1S/C35H55NO4/c1-23(21-36-20-8-17-32(2,3)22-36)25-10-11-26-24-9-12-28-33(4,5)29(40-31(39)14-13-30(37)38)16-19-35(28,7)27(24)15-18-34(25,26)6/h11,23,25,28-29H,8-10,12-22H2,1-7H3,(H,37,38)/t23-,25-,28+,29+,34-,35-/m1/s1. The van der Waals surface area contributed by atoms with Crippen LogP contribution in [0.4, 0.5) is 0 Å². The SMILES string of the molecule is C[C@H](CN1CCCC(C)(C)C1)[C@H]1CC=C2C3=C(CC[C@@]21C)[C@@]1(C)CC[C@H](OC(=O)CCC(=O)O)C(C)(C)[C@@H]1CC3. The first-order valence-electron chi connectivity index (χ1n) is 16.2. The lowest BCUT2D eigenvalue weighted by atomic mass is 9.46. The van der Waals surface area contributed by atoms with Crippen molar-refractivity contribution in [2.24, 2.45) is 39.4 Å². The summed E-state index contributed by atoms with van der Waals surface area (Å²) < 4.78 is 5.95. The molecule has 0 aromatic rings. The summed E-state index contributed by atoms with van der Waals surface area (Å²) in [5, 5.41) is 8.97. The van der Waals surface area contributed by atoms with E-state index in [4.69, 9.17) is 9.84 Å². The molecule has 0 bridgehead atoms. The Morgan fingerprint density at radius 3 is 2.48 bits per heavy atom. The third-order valence-corrected chi connectivity index (χ3v) is 12.4. The Kier molecular flexibility index (Phi) is 7.90. The van der Waals surface area contributed by atoms with E-state index in [9.17, 15) is 9.59 Å². The Morgan fingerprint density at radius 2 is 1.77 bits per heavy atom. The fraction of sp³-hybridized carbons (Fsp3) is 0.829. The molecule has 1 saturated carbocycles. The maximum absolute atomic E-state index is 12.5. The van der Waals surface area contributed by atoms with Crippen LogP contribution in [0.15, 0.2) is 22.8 Å². The first-order chi connectivity index (χ1) is 18.7. The average Bonchev–Trinajstić information content (AvgIpc) is 3.21. The van der Waals surface area contributed by atoms with Gasteiger partial charge in [0.1, 0.15) is 6.10 Å². The molecule has 1 N–H and O–H groups in total. The number of nitrogens with zero attached hydrogens (tertiary/aromatic N) is 1. The van der Waals surface area contributed by atoms with Gasteiger partial charge in [0.15, 0.2) is 0 Å². The second-order valence-electron chi connectivity index (χ2n) is 16.1. The molecule has 0 aromatic carbocycles. The Morgan fingerprint density at radius 1 is 1.02 bits per heavy atom. The molecule has 6 atom stereocenters. The number of ether oxygens (including phenoxy) is 1. The van der Waals surface area contributed by atoms with E-state index in [0.717, 1.165) is 31.6 Å². The van der Waals surface area contributed by atoms with Crippen LogP contribution < -0.4 is 0 Å². The lowest BCUT2D eigenvalue weighted by molar-refractivity contribution is -0.170. The zero-order valence-corrected chi connectivity index (χ0v) is 26.4. The summed E-state index contributed by atoms with van der Waals surface area (Å²) in [4.78, 5) is 26.2. The first kappa shape index (κ1) is 29.9. The molecular formula is C35H55NO4. The molecule has 1 aliphatic heterocycles. The van der Waals surface area contributed by atoms with Gasteiger partial charge in [0.05, 0.1) is 12.8 Å². The van der Waals surface area contributed by atoms with Gasteiger partial charge in [-0.2, -0.15) is 0 Å². The molecule has 0 aromatic heterocycles. The van der Waals surface area contributed by atoms with E-state index in [-0.39, 0.29) is 35.7 Å². The normalized spacial score (nSPS) is 37.6. The van der Waals surface area contributed by atoms with Crippen molar-refractivity contribution in [2.75, 3.05) is 19.6 Å². The summed E-state index contributed by atoms with van der Waals surface area (Å²) in [6.07, 6.45) is 12.9. The van der Waals surface area contributed by atoms with Gasteiger partial charge in [-0.25, -0.2) is 0 Å². The molecule has 5 rings (SSSR count). The van der Waals surface area contributed by atoms with Crippen LogP contribution >= 0.6 is 0 Å². The number of carbonyl (C=O) groups is 2. The molecule has 1 heterocycles. The second-order valence-corrected chi connectivity index (χ2v) is 16.1. The zero-order chi connectivity index (χ0) is 29.1. The van der Waals surface area contributed by atoms with Crippen molar-refractivity contribution >= 4 is 11.9 Å². The van der Waals surface area contributed by atoms with Crippen LogP contribution in [-0.2, 0) is 14.3 Å². The monoisotopic (exact) mass is 553 g/mol. The minimum atomic E-state index is -0.947. The second kappa shape index (κ2) is 10.6. The zero-order valence-electron chi connectivity index (χ0n) is 26.4. The quantitative estimate of drug-likeness (QED) is 0.326. The van der Waals surface area contributed by atoms with Crippen molar-refractivity contribution < 1.29 is 19.4 Å². The number of aliphatic carboxylic acids is 1. The number of fused-ring (bicyclic) bond motifs is 4. The van der Waals surface area contributed by atoms with E-state index in [1.165, 1.54) is 51.7 Å². The smallest absolute Gasteiger partial charge is 0.306 e. The van der Waals surface area contributed by atoms with E-state index in [1.54, 1.807) is 16.7 Å². The van der Waals surface area contributed by atoms with Crippen molar-refractivity contribution in [3.05, 3.63) is 22.8 Å². The minimum Gasteiger partial charge on any atom is -0.481 e. The highest BCUT2D eigenvalue weighted by molar-refractivity contribution is 5.76. The summed E-state index contributed by atoms with van der Waals surface area (Å²) in [5.41, 5.74) is 5.84. The highest BCUT2D eigenvalue weighted by Crippen LogP contribution is 2.66. The summed E-state index contributed by atoms with van der Waals surface area (Å²) in [6.45, 7) is 20.8. The third kappa shape index (κ3) is 5.22. The van der Waals surface area contributed by atoms with Gasteiger partial charge in [-0.05, 0) is 109 Å². The molecule has 0 spiro atoms. The van der Waals surface area contributed by atoms with E-state index in [2.05, 4.69) is 59.4 Å². The molecule has 5 aliphatic rings. The van der Waals surface area contributed by atoms with E-state index in [1.807, 2.05) is 0 Å². The summed E-state index contributed by atoms with van der Waals surface area (Å²) in [5.74, 6) is 0.583. The van der Waals surface area contributed by atoms with Crippen molar-refractivity contribution in [3.8, 4) is 0 Å².